The lowest BCUT2D eigenvalue weighted by Crippen LogP contribution is -2.38. The number of hydrogen-bond donors (Lipinski definition) is 2. The van der Waals surface area contributed by atoms with Crippen molar-refractivity contribution in [2.75, 3.05) is 20.3 Å². The van der Waals surface area contributed by atoms with E-state index < -0.39 is 0 Å². The van der Waals surface area contributed by atoms with Gasteiger partial charge in [0.1, 0.15) is 5.75 Å². The molecule has 0 aromatic heterocycles. The van der Waals surface area contributed by atoms with Gasteiger partial charge in [0.15, 0.2) is 0 Å². The minimum Gasteiger partial charge on any atom is -0.496 e. The van der Waals surface area contributed by atoms with Gasteiger partial charge in [-0.25, -0.2) is 0 Å². The molecule has 0 aliphatic heterocycles. The molecule has 2 N–H and O–H groups in total. The summed E-state index contributed by atoms with van der Waals surface area (Å²) < 4.78 is 5.30. The molecule has 1 atom stereocenters. The van der Waals surface area contributed by atoms with E-state index in [0.29, 0.717) is 5.92 Å². The van der Waals surface area contributed by atoms with Crippen molar-refractivity contribution < 1.29 is 9.84 Å². The molecule has 1 rings (SSSR count). The molecule has 0 radical (unpaired) electrons. The van der Waals surface area contributed by atoms with Crippen LogP contribution in [0.15, 0.2) is 24.3 Å². The summed E-state index contributed by atoms with van der Waals surface area (Å²) in [6, 6.07) is 8.21. The van der Waals surface area contributed by atoms with Crippen molar-refractivity contribution in [1.82, 2.24) is 5.32 Å². The van der Waals surface area contributed by atoms with E-state index in [1.807, 2.05) is 18.2 Å². The molecule has 0 amide bonds. The van der Waals surface area contributed by atoms with Gasteiger partial charge in [-0.2, -0.15) is 0 Å². The Bertz CT molecular complexity index is 326. The molecule has 1 aromatic rings. The molecule has 0 aliphatic carbocycles. The normalized spacial score (nSPS) is 12.8. The van der Waals surface area contributed by atoms with Gasteiger partial charge < -0.3 is 15.2 Å². The number of ether oxygens (including phenoxy) is 1. The molecular weight excluding hydrogens is 214 g/mol. The van der Waals surface area contributed by atoms with Gasteiger partial charge in [0, 0.05) is 6.04 Å². The van der Waals surface area contributed by atoms with E-state index in [2.05, 4.69) is 25.2 Å². The lowest BCUT2D eigenvalue weighted by Gasteiger charge is -2.20. The van der Waals surface area contributed by atoms with Crippen LogP contribution in [0.4, 0.5) is 0 Å². The molecule has 1 unspecified atom stereocenters. The van der Waals surface area contributed by atoms with E-state index in [4.69, 9.17) is 4.74 Å². The Labute approximate surface area is 104 Å². The molecule has 3 nitrogen and oxygen atoms in total. The topological polar surface area (TPSA) is 41.5 Å². The summed E-state index contributed by atoms with van der Waals surface area (Å²) >= 11 is 0. The van der Waals surface area contributed by atoms with Gasteiger partial charge >= 0.3 is 0 Å². The summed E-state index contributed by atoms with van der Waals surface area (Å²) in [5.41, 5.74) is 1.20. The van der Waals surface area contributed by atoms with Crippen molar-refractivity contribution >= 4 is 0 Å². The lowest BCUT2D eigenvalue weighted by atomic mass is 10.0. The number of para-hydroxylation sites is 1. The summed E-state index contributed by atoms with van der Waals surface area (Å²) in [6.07, 6.45) is 0.910. The maximum Gasteiger partial charge on any atom is 0.122 e. The van der Waals surface area contributed by atoms with Gasteiger partial charge in [-0.3, -0.25) is 0 Å². The zero-order chi connectivity index (χ0) is 12.7. The van der Waals surface area contributed by atoms with E-state index in [9.17, 15) is 5.11 Å². The Kier molecular flexibility index (Phi) is 6.01. The predicted octanol–water partition coefficient (Wildman–Crippen LogP) is 1.84. The molecule has 0 heterocycles. The van der Waals surface area contributed by atoms with Crippen LogP contribution in [0.2, 0.25) is 0 Å². The second-order valence-corrected chi connectivity index (χ2v) is 4.55. The highest BCUT2D eigenvalue weighted by atomic mass is 16.5. The summed E-state index contributed by atoms with van der Waals surface area (Å²) in [5, 5.41) is 12.6. The highest BCUT2D eigenvalue weighted by Gasteiger charge is 2.11. The zero-order valence-corrected chi connectivity index (χ0v) is 10.9. The fourth-order valence-electron chi connectivity index (χ4n) is 1.81. The summed E-state index contributed by atoms with van der Waals surface area (Å²) in [7, 11) is 1.69. The van der Waals surface area contributed by atoms with Crippen molar-refractivity contribution in [2.45, 2.75) is 26.3 Å². The monoisotopic (exact) mass is 237 g/mol. The van der Waals surface area contributed by atoms with Crippen molar-refractivity contribution in [1.29, 1.82) is 0 Å². The average Bonchev–Trinajstić information content (AvgIpc) is 2.34. The molecule has 0 aliphatic rings. The van der Waals surface area contributed by atoms with E-state index in [-0.39, 0.29) is 12.6 Å². The van der Waals surface area contributed by atoms with Crippen LogP contribution >= 0.6 is 0 Å². The summed E-state index contributed by atoms with van der Waals surface area (Å²) in [4.78, 5) is 0. The minimum atomic E-state index is 0.171. The standard InChI is InChI=1S/C14H23NO2/c1-11(2)13(10-16)15-9-8-12-6-4-5-7-14(12)17-3/h4-7,11,13,15-16H,8-10H2,1-3H3. The third-order valence-electron chi connectivity index (χ3n) is 2.99. The molecule has 0 saturated heterocycles. The van der Waals surface area contributed by atoms with Crippen LogP contribution in [-0.4, -0.2) is 31.4 Å². The van der Waals surface area contributed by atoms with Crippen LogP contribution in [0.3, 0.4) is 0 Å². The minimum absolute atomic E-state index is 0.171. The van der Waals surface area contributed by atoms with E-state index >= 15 is 0 Å². The first-order valence-electron chi connectivity index (χ1n) is 6.15. The van der Waals surface area contributed by atoms with Crippen LogP contribution in [0.1, 0.15) is 19.4 Å². The first-order chi connectivity index (χ1) is 8.19. The Morgan fingerprint density at radius 2 is 2.00 bits per heavy atom. The van der Waals surface area contributed by atoms with Gasteiger partial charge in [-0.1, -0.05) is 32.0 Å². The van der Waals surface area contributed by atoms with Gasteiger partial charge in [-0.05, 0) is 30.5 Å². The third kappa shape index (κ3) is 4.36. The molecule has 96 valence electrons. The van der Waals surface area contributed by atoms with Crippen molar-refractivity contribution in [3.8, 4) is 5.75 Å². The maximum absolute atomic E-state index is 9.21. The first-order valence-corrected chi connectivity index (χ1v) is 6.15. The largest absolute Gasteiger partial charge is 0.496 e. The molecule has 0 bridgehead atoms. The number of nitrogens with one attached hydrogen (secondary N) is 1. The number of rotatable bonds is 7. The van der Waals surface area contributed by atoms with Crippen LogP contribution in [0.25, 0.3) is 0 Å². The molecule has 17 heavy (non-hydrogen) atoms. The predicted molar refractivity (Wildman–Crippen MR) is 70.4 cm³/mol. The number of hydrogen-bond acceptors (Lipinski definition) is 3. The lowest BCUT2D eigenvalue weighted by molar-refractivity contribution is 0.211. The first kappa shape index (κ1) is 14.0. The highest BCUT2D eigenvalue weighted by molar-refractivity contribution is 5.33. The Hall–Kier alpha value is -1.06. The number of aliphatic hydroxyl groups excluding tert-OH is 1. The second kappa shape index (κ2) is 7.30. The van der Waals surface area contributed by atoms with Gasteiger partial charge in [0.05, 0.1) is 13.7 Å². The Morgan fingerprint density at radius 1 is 1.29 bits per heavy atom. The Morgan fingerprint density at radius 3 is 2.59 bits per heavy atom. The summed E-state index contributed by atoms with van der Waals surface area (Å²) in [6.45, 7) is 5.25. The SMILES string of the molecule is COc1ccccc1CCNC(CO)C(C)C. The van der Waals surface area contributed by atoms with Crippen molar-refractivity contribution in [3.05, 3.63) is 29.8 Å². The smallest absolute Gasteiger partial charge is 0.122 e. The van der Waals surface area contributed by atoms with Gasteiger partial charge in [0.25, 0.3) is 0 Å². The van der Waals surface area contributed by atoms with Crippen LogP contribution < -0.4 is 10.1 Å². The number of methoxy groups -OCH3 is 1. The molecular formula is C14H23NO2. The molecule has 0 fully saturated rings. The average molecular weight is 237 g/mol. The third-order valence-corrected chi connectivity index (χ3v) is 2.99. The number of aliphatic hydroxyl groups is 1. The van der Waals surface area contributed by atoms with Crippen LogP contribution in [-0.2, 0) is 6.42 Å². The molecule has 3 heteroatoms. The Balaban J connectivity index is 2.45. The second-order valence-electron chi connectivity index (χ2n) is 4.55. The van der Waals surface area contributed by atoms with Crippen LogP contribution in [0, 0.1) is 5.92 Å². The maximum atomic E-state index is 9.21. The molecule has 1 aromatic carbocycles. The fraction of sp³-hybridized carbons (Fsp3) is 0.571. The van der Waals surface area contributed by atoms with Crippen LogP contribution in [0.5, 0.6) is 5.75 Å². The van der Waals surface area contributed by atoms with E-state index in [0.717, 1.165) is 18.7 Å². The van der Waals surface area contributed by atoms with E-state index in [1.165, 1.54) is 5.56 Å². The zero-order valence-electron chi connectivity index (χ0n) is 10.9. The molecule has 0 saturated carbocycles. The quantitative estimate of drug-likeness (QED) is 0.760. The summed E-state index contributed by atoms with van der Waals surface area (Å²) in [5.74, 6) is 1.37. The number of benzene rings is 1. The molecule has 0 spiro atoms. The van der Waals surface area contributed by atoms with Crippen molar-refractivity contribution in [2.24, 2.45) is 5.92 Å². The highest BCUT2D eigenvalue weighted by Crippen LogP contribution is 2.17. The fourth-order valence-corrected chi connectivity index (χ4v) is 1.81. The van der Waals surface area contributed by atoms with Crippen molar-refractivity contribution in [3.63, 3.8) is 0 Å². The van der Waals surface area contributed by atoms with Gasteiger partial charge in [0.2, 0.25) is 0 Å². The van der Waals surface area contributed by atoms with E-state index in [1.54, 1.807) is 7.11 Å². The van der Waals surface area contributed by atoms with Gasteiger partial charge in [-0.15, -0.1) is 0 Å².